The second kappa shape index (κ2) is 3.32. The first-order valence-corrected chi connectivity index (χ1v) is 3.81. The molecule has 0 aliphatic carbocycles. The lowest BCUT2D eigenvalue weighted by Gasteiger charge is -2.19. The van der Waals surface area contributed by atoms with E-state index in [1.165, 1.54) is 7.11 Å². The van der Waals surface area contributed by atoms with Gasteiger partial charge in [-0.1, -0.05) is 15.9 Å². The Labute approximate surface area is 63.7 Å². The average molecular weight is 195 g/mol. The van der Waals surface area contributed by atoms with Gasteiger partial charge in [0.05, 0.1) is 5.33 Å². The molecule has 0 atom stereocenters. The Bertz CT molecular complexity index is 110. The van der Waals surface area contributed by atoms with Crippen molar-refractivity contribution in [2.24, 2.45) is 0 Å². The van der Waals surface area contributed by atoms with Gasteiger partial charge in [-0.3, -0.25) is 4.79 Å². The largest absolute Gasteiger partial charge is 0.371 e. The first-order chi connectivity index (χ1) is 4.04. The predicted molar refractivity (Wildman–Crippen MR) is 39.9 cm³/mol. The number of alkyl halides is 1. The summed E-state index contributed by atoms with van der Waals surface area (Å²) in [7, 11) is 1.53. The molecule has 0 saturated carbocycles. The molecule has 2 nitrogen and oxygen atoms in total. The minimum absolute atomic E-state index is 0.0602. The second-order valence-electron chi connectivity index (χ2n) is 2.27. The van der Waals surface area contributed by atoms with Crippen LogP contribution < -0.4 is 0 Å². The molecular formula is C6H11BrO2. The molecule has 0 aromatic carbocycles. The Morgan fingerprint density at radius 2 is 2.11 bits per heavy atom. The minimum Gasteiger partial charge on any atom is -0.371 e. The molecule has 0 heterocycles. The summed E-state index contributed by atoms with van der Waals surface area (Å²) in [5.41, 5.74) is -0.635. The molecule has 0 bridgehead atoms. The van der Waals surface area contributed by atoms with Gasteiger partial charge >= 0.3 is 0 Å². The number of rotatable bonds is 3. The Morgan fingerprint density at radius 3 is 2.22 bits per heavy atom. The molecule has 0 aromatic rings. The molecule has 0 saturated heterocycles. The van der Waals surface area contributed by atoms with Gasteiger partial charge in [-0.15, -0.1) is 0 Å². The number of hydrogen-bond acceptors (Lipinski definition) is 2. The number of hydrogen-bond donors (Lipinski definition) is 0. The SMILES string of the molecule is COC(C)(C)C(=O)CBr. The third-order valence-corrected chi connectivity index (χ3v) is 1.81. The number of halogens is 1. The van der Waals surface area contributed by atoms with Crippen LogP contribution in [0.15, 0.2) is 0 Å². The van der Waals surface area contributed by atoms with E-state index in [2.05, 4.69) is 15.9 Å². The maximum Gasteiger partial charge on any atom is 0.174 e. The molecule has 0 amide bonds. The standard InChI is InChI=1S/C6H11BrO2/c1-6(2,9-3)5(8)4-7/h4H2,1-3H3. The van der Waals surface area contributed by atoms with Crippen molar-refractivity contribution in [3.8, 4) is 0 Å². The lowest BCUT2D eigenvalue weighted by molar-refractivity contribution is -0.134. The molecule has 0 spiro atoms. The van der Waals surface area contributed by atoms with Gasteiger partial charge in [0.1, 0.15) is 5.60 Å². The van der Waals surface area contributed by atoms with Crippen LogP contribution in [0.3, 0.4) is 0 Å². The molecule has 0 aliphatic rings. The zero-order valence-electron chi connectivity index (χ0n) is 5.90. The van der Waals surface area contributed by atoms with E-state index in [9.17, 15) is 4.79 Å². The van der Waals surface area contributed by atoms with Crippen LogP contribution in [0.25, 0.3) is 0 Å². The van der Waals surface area contributed by atoms with Crippen LogP contribution in [0.1, 0.15) is 13.8 Å². The summed E-state index contributed by atoms with van der Waals surface area (Å²) in [6.07, 6.45) is 0. The maximum atomic E-state index is 10.9. The van der Waals surface area contributed by atoms with Crippen molar-refractivity contribution in [1.29, 1.82) is 0 Å². The first kappa shape index (κ1) is 9.11. The summed E-state index contributed by atoms with van der Waals surface area (Å²) in [6, 6.07) is 0. The molecule has 0 N–H and O–H groups in total. The van der Waals surface area contributed by atoms with Crippen LogP contribution in [0.5, 0.6) is 0 Å². The quantitative estimate of drug-likeness (QED) is 0.635. The number of Topliss-reactive ketones (excluding diaryl/α,β-unsaturated/α-hetero) is 1. The van der Waals surface area contributed by atoms with Gasteiger partial charge in [0.25, 0.3) is 0 Å². The molecule has 54 valence electrons. The van der Waals surface area contributed by atoms with E-state index >= 15 is 0 Å². The normalized spacial score (nSPS) is 11.6. The van der Waals surface area contributed by atoms with Gasteiger partial charge in [-0.25, -0.2) is 0 Å². The summed E-state index contributed by atoms with van der Waals surface area (Å²) < 4.78 is 4.91. The predicted octanol–water partition coefficient (Wildman–Crippen LogP) is 1.38. The van der Waals surface area contributed by atoms with Crippen molar-refractivity contribution in [1.82, 2.24) is 0 Å². The zero-order valence-corrected chi connectivity index (χ0v) is 7.49. The zero-order chi connectivity index (χ0) is 7.49. The third kappa shape index (κ3) is 2.45. The van der Waals surface area contributed by atoms with Gasteiger partial charge < -0.3 is 4.74 Å². The van der Waals surface area contributed by atoms with Crippen molar-refractivity contribution >= 4 is 21.7 Å². The molecule has 0 radical (unpaired) electrons. The summed E-state index contributed by atoms with van der Waals surface area (Å²) in [5.74, 6) is 0.0602. The average Bonchev–Trinajstić information content (AvgIpc) is 1.86. The van der Waals surface area contributed by atoms with Crippen LogP contribution >= 0.6 is 15.9 Å². The molecule has 3 heteroatoms. The smallest absolute Gasteiger partial charge is 0.174 e. The Hall–Kier alpha value is 0.110. The van der Waals surface area contributed by atoms with Crippen molar-refractivity contribution in [3.05, 3.63) is 0 Å². The number of carbonyl (C=O) groups is 1. The highest BCUT2D eigenvalue weighted by Gasteiger charge is 2.24. The van der Waals surface area contributed by atoms with Crippen LogP contribution in [0, 0.1) is 0 Å². The van der Waals surface area contributed by atoms with Crippen molar-refractivity contribution in [3.63, 3.8) is 0 Å². The van der Waals surface area contributed by atoms with Crippen LogP contribution in [0.4, 0.5) is 0 Å². The van der Waals surface area contributed by atoms with Crippen molar-refractivity contribution in [2.75, 3.05) is 12.4 Å². The molecule has 0 unspecified atom stereocenters. The van der Waals surface area contributed by atoms with Crippen LogP contribution in [0.2, 0.25) is 0 Å². The minimum atomic E-state index is -0.635. The summed E-state index contributed by atoms with van der Waals surface area (Å²) in [5, 5.41) is 0.355. The fraction of sp³-hybridized carbons (Fsp3) is 0.833. The molecule has 0 fully saturated rings. The van der Waals surface area contributed by atoms with Crippen molar-refractivity contribution in [2.45, 2.75) is 19.4 Å². The van der Waals surface area contributed by atoms with E-state index in [1.807, 2.05) is 0 Å². The lowest BCUT2D eigenvalue weighted by atomic mass is 10.1. The second-order valence-corrected chi connectivity index (χ2v) is 2.83. The van der Waals surface area contributed by atoms with E-state index in [0.29, 0.717) is 5.33 Å². The number of ether oxygens (including phenoxy) is 1. The van der Waals surface area contributed by atoms with Gasteiger partial charge in [0.2, 0.25) is 0 Å². The van der Waals surface area contributed by atoms with Gasteiger partial charge in [0.15, 0.2) is 5.78 Å². The maximum absolute atomic E-state index is 10.9. The summed E-state index contributed by atoms with van der Waals surface area (Å²) in [6.45, 7) is 3.49. The molecule has 0 rings (SSSR count). The first-order valence-electron chi connectivity index (χ1n) is 2.69. The van der Waals surface area contributed by atoms with E-state index in [-0.39, 0.29) is 5.78 Å². The van der Waals surface area contributed by atoms with E-state index in [0.717, 1.165) is 0 Å². The molecule has 9 heavy (non-hydrogen) atoms. The Kier molecular flexibility index (Phi) is 3.36. The number of ketones is 1. The molecular weight excluding hydrogens is 184 g/mol. The highest BCUT2D eigenvalue weighted by Crippen LogP contribution is 2.09. The van der Waals surface area contributed by atoms with Gasteiger partial charge in [0, 0.05) is 7.11 Å². The van der Waals surface area contributed by atoms with Crippen LogP contribution in [-0.4, -0.2) is 23.8 Å². The molecule has 0 aliphatic heterocycles. The number of methoxy groups -OCH3 is 1. The fourth-order valence-corrected chi connectivity index (χ4v) is 0.950. The summed E-state index contributed by atoms with van der Waals surface area (Å²) in [4.78, 5) is 10.9. The Morgan fingerprint density at radius 1 is 1.67 bits per heavy atom. The highest BCUT2D eigenvalue weighted by atomic mass is 79.9. The van der Waals surface area contributed by atoms with Gasteiger partial charge in [-0.05, 0) is 13.8 Å². The highest BCUT2D eigenvalue weighted by molar-refractivity contribution is 9.09. The topological polar surface area (TPSA) is 26.3 Å². The fourth-order valence-electron chi connectivity index (χ4n) is 0.275. The van der Waals surface area contributed by atoms with E-state index in [1.54, 1.807) is 13.8 Å². The van der Waals surface area contributed by atoms with E-state index < -0.39 is 5.60 Å². The Balaban J connectivity index is 3.97. The monoisotopic (exact) mass is 194 g/mol. The number of carbonyl (C=O) groups excluding carboxylic acids is 1. The molecule has 0 aromatic heterocycles. The third-order valence-electron chi connectivity index (χ3n) is 1.30. The lowest BCUT2D eigenvalue weighted by Crippen LogP contribution is -2.34. The van der Waals surface area contributed by atoms with Crippen molar-refractivity contribution < 1.29 is 9.53 Å². The summed E-state index contributed by atoms with van der Waals surface area (Å²) >= 11 is 3.06. The van der Waals surface area contributed by atoms with E-state index in [4.69, 9.17) is 4.74 Å². The van der Waals surface area contributed by atoms with Gasteiger partial charge in [-0.2, -0.15) is 0 Å². The van der Waals surface area contributed by atoms with Crippen LogP contribution in [-0.2, 0) is 9.53 Å².